The molecule has 0 amide bonds. The molecule has 138 valence electrons. The van der Waals surface area contributed by atoms with E-state index in [1.165, 1.54) is 18.4 Å². The van der Waals surface area contributed by atoms with Crippen LogP contribution < -0.4 is 0 Å². The Morgan fingerprint density at radius 1 is 1.16 bits per heavy atom. The second-order valence-corrected chi connectivity index (χ2v) is 9.75. The van der Waals surface area contributed by atoms with Crippen molar-refractivity contribution in [3.8, 4) is 0 Å². The fourth-order valence-electron chi connectivity index (χ4n) is 7.25. The second kappa shape index (κ2) is 5.69. The molecule has 0 saturated heterocycles. The van der Waals surface area contributed by atoms with Crippen molar-refractivity contribution in [3.63, 3.8) is 0 Å². The van der Waals surface area contributed by atoms with Crippen LogP contribution in [0.4, 0.5) is 0 Å². The van der Waals surface area contributed by atoms with Gasteiger partial charge in [0.1, 0.15) is 6.10 Å². The van der Waals surface area contributed by atoms with Crippen LogP contribution >= 0.6 is 0 Å². The van der Waals surface area contributed by atoms with Gasteiger partial charge < -0.3 is 4.74 Å². The Labute approximate surface area is 151 Å². The third-order valence-electron chi connectivity index (χ3n) is 8.53. The first-order chi connectivity index (χ1) is 11.8. The fraction of sp³-hybridized carbons (Fsp3) is 0.818. The molecule has 4 aliphatic rings. The zero-order valence-electron chi connectivity index (χ0n) is 16.1. The van der Waals surface area contributed by atoms with E-state index in [0.717, 1.165) is 32.1 Å². The third-order valence-corrected chi connectivity index (χ3v) is 8.53. The molecule has 0 radical (unpaired) electrons. The van der Waals surface area contributed by atoms with E-state index in [1.807, 2.05) is 6.08 Å². The number of ether oxygens (including phenoxy) is 1. The first-order valence-electron chi connectivity index (χ1n) is 10.2. The largest absolute Gasteiger partial charge is 0.462 e. The Balaban J connectivity index is 1.67. The van der Waals surface area contributed by atoms with Crippen molar-refractivity contribution in [2.45, 2.75) is 78.7 Å². The van der Waals surface area contributed by atoms with Gasteiger partial charge in [-0.15, -0.1) is 0 Å². The minimum absolute atomic E-state index is 0.0980. The summed E-state index contributed by atoms with van der Waals surface area (Å²) >= 11 is 0. The number of hydrogen-bond donors (Lipinski definition) is 0. The lowest BCUT2D eigenvalue weighted by molar-refractivity contribution is -0.158. The van der Waals surface area contributed by atoms with Gasteiger partial charge in [0.2, 0.25) is 0 Å². The molecule has 0 N–H and O–H groups in total. The van der Waals surface area contributed by atoms with Gasteiger partial charge in [0.15, 0.2) is 5.78 Å². The Hall–Kier alpha value is -1.12. The van der Waals surface area contributed by atoms with E-state index in [-0.39, 0.29) is 22.9 Å². The molecule has 0 aromatic heterocycles. The molecular formula is C22H32O3. The molecule has 3 nitrogen and oxygen atoms in total. The number of ketones is 1. The van der Waals surface area contributed by atoms with Crippen molar-refractivity contribution in [2.24, 2.45) is 34.5 Å². The summed E-state index contributed by atoms with van der Waals surface area (Å²) in [5.74, 6) is 2.86. The number of carbonyl (C=O) groups is 2. The van der Waals surface area contributed by atoms with Crippen LogP contribution in [0.2, 0.25) is 0 Å². The minimum atomic E-state index is -0.131. The molecule has 4 rings (SSSR count). The molecule has 25 heavy (non-hydrogen) atoms. The maximum Gasteiger partial charge on any atom is 0.302 e. The third kappa shape index (κ3) is 2.44. The molecule has 3 fully saturated rings. The highest BCUT2D eigenvalue weighted by molar-refractivity contribution is 5.91. The second-order valence-electron chi connectivity index (χ2n) is 9.75. The van der Waals surface area contributed by atoms with Crippen LogP contribution in [0.25, 0.3) is 0 Å². The van der Waals surface area contributed by atoms with E-state index < -0.39 is 0 Å². The van der Waals surface area contributed by atoms with Crippen molar-refractivity contribution >= 4 is 11.8 Å². The number of rotatable bonds is 1. The molecule has 0 aromatic rings. The highest BCUT2D eigenvalue weighted by Gasteiger charge is 2.61. The summed E-state index contributed by atoms with van der Waals surface area (Å²) < 4.78 is 5.75. The van der Waals surface area contributed by atoms with Crippen LogP contribution in [0.5, 0.6) is 0 Å². The lowest BCUT2D eigenvalue weighted by Gasteiger charge is -2.59. The molecule has 0 spiro atoms. The number of fused-ring (bicyclic) bond motifs is 5. The molecule has 0 bridgehead atoms. The van der Waals surface area contributed by atoms with Gasteiger partial charge in [-0.1, -0.05) is 26.3 Å². The summed E-state index contributed by atoms with van der Waals surface area (Å²) in [4.78, 5) is 23.6. The van der Waals surface area contributed by atoms with E-state index in [0.29, 0.717) is 29.5 Å². The van der Waals surface area contributed by atoms with Gasteiger partial charge in [-0.3, -0.25) is 9.59 Å². The van der Waals surface area contributed by atoms with Crippen molar-refractivity contribution in [1.82, 2.24) is 0 Å². The van der Waals surface area contributed by atoms with Crippen LogP contribution in [0.3, 0.4) is 0 Å². The van der Waals surface area contributed by atoms with Gasteiger partial charge in [-0.2, -0.15) is 0 Å². The van der Waals surface area contributed by atoms with Crippen LogP contribution in [0, 0.1) is 34.5 Å². The van der Waals surface area contributed by atoms with Crippen LogP contribution in [0.15, 0.2) is 11.6 Å². The van der Waals surface area contributed by atoms with Gasteiger partial charge in [-0.25, -0.2) is 0 Å². The van der Waals surface area contributed by atoms with Crippen LogP contribution in [-0.2, 0) is 14.3 Å². The highest BCUT2D eigenvalue weighted by atomic mass is 16.5. The number of hydrogen-bond acceptors (Lipinski definition) is 3. The molecule has 4 aliphatic carbocycles. The number of esters is 1. The maximum absolute atomic E-state index is 12.0. The lowest BCUT2D eigenvalue weighted by Crippen LogP contribution is -2.54. The Kier molecular flexibility index (Phi) is 3.94. The van der Waals surface area contributed by atoms with Crippen molar-refractivity contribution in [3.05, 3.63) is 11.6 Å². The quantitative estimate of drug-likeness (QED) is 0.648. The first kappa shape index (κ1) is 17.3. The summed E-state index contributed by atoms with van der Waals surface area (Å²) in [6.07, 6.45) is 9.48. The Morgan fingerprint density at radius 2 is 1.92 bits per heavy atom. The number of carbonyl (C=O) groups excluding carboxylic acids is 2. The van der Waals surface area contributed by atoms with E-state index in [9.17, 15) is 9.59 Å². The summed E-state index contributed by atoms with van der Waals surface area (Å²) in [6, 6.07) is 0. The van der Waals surface area contributed by atoms with Crippen LogP contribution in [-0.4, -0.2) is 17.9 Å². The van der Waals surface area contributed by atoms with E-state index in [4.69, 9.17) is 4.74 Å². The standard InChI is InChI=1S/C22H32O3/c1-13-11-15-12-16(24)7-9-21(15,3)18-8-10-22(4)17(20(13)18)5-6-19(22)25-14(2)23/h12-13,17-20H,5-11H2,1-4H3/t13-,17-,18-,19+,20-,21-,22-/m0/s1. The topological polar surface area (TPSA) is 43.4 Å². The maximum atomic E-state index is 12.0. The molecular weight excluding hydrogens is 312 g/mol. The molecule has 0 aromatic carbocycles. The average Bonchev–Trinajstić information content (AvgIpc) is 2.85. The summed E-state index contributed by atoms with van der Waals surface area (Å²) in [5, 5.41) is 0. The summed E-state index contributed by atoms with van der Waals surface area (Å²) in [5.41, 5.74) is 1.78. The fourth-order valence-corrected chi connectivity index (χ4v) is 7.25. The Morgan fingerprint density at radius 3 is 2.64 bits per heavy atom. The van der Waals surface area contributed by atoms with Gasteiger partial charge in [0, 0.05) is 18.8 Å². The van der Waals surface area contributed by atoms with Crippen molar-refractivity contribution in [2.75, 3.05) is 0 Å². The van der Waals surface area contributed by atoms with E-state index >= 15 is 0 Å². The molecule has 7 atom stereocenters. The summed E-state index contributed by atoms with van der Waals surface area (Å²) in [6.45, 7) is 8.74. The number of allylic oxidation sites excluding steroid dienone is 1. The molecule has 3 heteroatoms. The van der Waals surface area contributed by atoms with Gasteiger partial charge in [0.05, 0.1) is 0 Å². The monoisotopic (exact) mass is 344 g/mol. The van der Waals surface area contributed by atoms with Crippen LogP contribution in [0.1, 0.15) is 72.6 Å². The zero-order chi connectivity index (χ0) is 18.0. The van der Waals surface area contributed by atoms with Crippen molar-refractivity contribution in [1.29, 1.82) is 0 Å². The minimum Gasteiger partial charge on any atom is -0.462 e. The normalized spacial score (nSPS) is 48.9. The highest BCUT2D eigenvalue weighted by Crippen LogP contribution is 2.66. The van der Waals surface area contributed by atoms with Crippen molar-refractivity contribution < 1.29 is 14.3 Å². The van der Waals surface area contributed by atoms with Gasteiger partial charge in [0.25, 0.3) is 0 Å². The molecule has 3 saturated carbocycles. The first-order valence-corrected chi connectivity index (χ1v) is 10.2. The van der Waals surface area contributed by atoms with Gasteiger partial charge in [-0.05, 0) is 73.7 Å². The Bertz CT molecular complexity index is 635. The average molecular weight is 344 g/mol. The lowest BCUT2D eigenvalue weighted by atomic mass is 9.45. The molecule has 0 aliphatic heterocycles. The SMILES string of the molecule is CC(=O)O[C@@H]1CC[C@H]2[C@@H]3[C@@H](C)CC4=CC(=O)CC[C@]4(C)[C@H]3CC[C@]12C. The molecule has 0 unspecified atom stereocenters. The van der Waals surface area contributed by atoms with Gasteiger partial charge >= 0.3 is 5.97 Å². The van der Waals surface area contributed by atoms with E-state index in [1.54, 1.807) is 6.92 Å². The molecule has 0 heterocycles. The zero-order valence-corrected chi connectivity index (χ0v) is 16.1. The van der Waals surface area contributed by atoms with E-state index in [2.05, 4.69) is 20.8 Å². The smallest absolute Gasteiger partial charge is 0.302 e. The summed E-state index contributed by atoms with van der Waals surface area (Å²) in [7, 11) is 0. The predicted octanol–water partition coefficient (Wildman–Crippen LogP) is 4.70. The predicted molar refractivity (Wildman–Crippen MR) is 96.8 cm³/mol.